The first kappa shape index (κ1) is 14.1. The van der Waals surface area contributed by atoms with Crippen molar-refractivity contribution in [2.24, 2.45) is 0 Å². The van der Waals surface area contributed by atoms with E-state index in [9.17, 15) is 4.79 Å². The Morgan fingerprint density at radius 3 is 2.53 bits per heavy atom. The van der Waals surface area contributed by atoms with Crippen LogP contribution in [0.2, 0.25) is 0 Å². The normalized spacial score (nSPS) is 21.3. The van der Waals surface area contributed by atoms with Crippen LogP contribution in [0.25, 0.3) is 0 Å². The monoisotopic (exact) mass is 260 g/mol. The van der Waals surface area contributed by atoms with Crippen LogP contribution < -0.4 is 0 Å². The van der Waals surface area contributed by atoms with Gasteiger partial charge in [-0.05, 0) is 25.8 Å². The van der Waals surface area contributed by atoms with E-state index in [4.69, 9.17) is 4.74 Å². The SMILES string of the molecule is CCCCCCCCC1(C)OC(=O)c2ccccc21. The standard InChI is InChI=1S/C17H24O2/c1-3-4-5-6-7-10-13-17(2)15-12-9-8-11-14(15)16(18)19-17/h8-9,11-12H,3-7,10,13H2,1-2H3. The van der Waals surface area contributed by atoms with Crippen molar-refractivity contribution in [3.05, 3.63) is 35.4 Å². The number of benzene rings is 1. The third-order valence-electron chi connectivity index (χ3n) is 4.04. The maximum Gasteiger partial charge on any atom is 0.339 e. The fraction of sp³-hybridized carbons (Fsp3) is 0.588. The Hall–Kier alpha value is -1.31. The van der Waals surface area contributed by atoms with Gasteiger partial charge < -0.3 is 4.74 Å². The van der Waals surface area contributed by atoms with Crippen LogP contribution in [0.3, 0.4) is 0 Å². The van der Waals surface area contributed by atoms with Crippen LogP contribution in [0.15, 0.2) is 24.3 Å². The molecule has 1 aromatic rings. The van der Waals surface area contributed by atoms with E-state index in [1.165, 1.54) is 32.1 Å². The molecule has 0 aromatic heterocycles. The fourth-order valence-corrected chi connectivity index (χ4v) is 2.87. The van der Waals surface area contributed by atoms with Crippen LogP contribution in [0.1, 0.15) is 74.7 Å². The van der Waals surface area contributed by atoms with Gasteiger partial charge >= 0.3 is 5.97 Å². The number of carbonyl (C=O) groups excluding carboxylic acids is 1. The highest BCUT2D eigenvalue weighted by atomic mass is 16.6. The second kappa shape index (κ2) is 6.23. The molecule has 2 rings (SSSR count). The summed E-state index contributed by atoms with van der Waals surface area (Å²) in [4.78, 5) is 11.8. The van der Waals surface area contributed by atoms with Crippen LogP contribution >= 0.6 is 0 Å². The zero-order valence-corrected chi connectivity index (χ0v) is 12.1. The average Bonchev–Trinajstić information content (AvgIpc) is 2.67. The molecule has 0 bridgehead atoms. The molecule has 0 radical (unpaired) electrons. The highest BCUT2D eigenvalue weighted by Gasteiger charge is 2.40. The summed E-state index contributed by atoms with van der Waals surface area (Å²) in [5.74, 6) is -0.163. The van der Waals surface area contributed by atoms with E-state index in [2.05, 4.69) is 6.92 Å². The summed E-state index contributed by atoms with van der Waals surface area (Å²) in [6.07, 6.45) is 8.51. The minimum atomic E-state index is -0.404. The van der Waals surface area contributed by atoms with Gasteiger partial charge in [-0.1, -0.05) is 57.2 Å². The van der Waals surface area contributed by atoms with Crippen molar-refractivity contribution >= 4 is 5.97 Å². The minimum Gasteiger partial charge on any atom is -0.451 e. The first-order valence-corrected chi connectivity index (χ1v) is 7.50. The number of cyclic esters (lactones) is 1. The number of hydrogen-bond acceptors (Lipinski definition) is 2. The maximum atomic E-state index is 11.8. The largest absolute Gasteiger partial charge is 0.451 e. The van der Waals surface area contributed by atoms with Crippen LogP contribution in [0, 0.1) is 0 Å². The predicted octanol–water partition coefficient (Wildman–Crippen LogP) is 4.82. The van der Waals surface area contributed by atoms with Crippen molar-refractivity contribution < 1.29 is 9.53 Å². The minimum absolute atomic E-state index is 0.163. The Balaban J connectivity index is 1.88. The Kier molecular flexibility index (Phi) is 4.62. The summed E-state index contributed by atoms with van der Waals surface area (Å²) in [6, 6.07) is 7.78. The molecule has 1 aliphatic rings. The van der Waals surface area contributed by atoms with Crippen molar-refractivity contribution in [2.45, 2.75) is 64.4 Å². The molecule has 1 unspecified atom stereocenters. The molecule has 0 saturated carbocycles. The highest BCUT2D eigenvalue weighted by Crippen LogP contribution is 2.39. The molecule has 2 heteroatoms. The number of carbonyl (C=O) groups is 1. The number of ether oxygens (including phenoxy) is 1. The molecule has 1 aliphatic heterocycles. The average molecular weight is 260 g/mol. The molecule has 0 spiro atoms. The van der Waals surface area contributed by atoms with E-state index < -0.39 is 5.60 Å². The second-order valence-corrected chi connectivity index (χ2v) is 5.68. The van der Waals surface area contributed by atoms with Crippen LogP contribution in [-0.2, 0) is 10.3 Å². The third kappa shape index (κ3) is 3.17. The van der Waals surface area contributed by atoms with Crippen LogP contribution in [0.4, 0.5) is 0 Å². The van der Waals surface area contributed by atoms with Gasteiger partial charge in [-0.15, -0.1) is 0 Å². The van der Waals surface area contributed by atoms with Gasteiger partial charge in [0.25, 0.3) is 0 Å². The van der Waals surface area contributed by atoms with E-state index in [1.54, 1.807) is 0 Å². The molecule has 19 heavy (non-hydrogen) atoms. The van der Waals surface area contributed by atoms with E-state index in [-0.39, 0.29) is 5.97 Å². The molecule has 2 nitrogen and oxygen atoms in total. The van der Waals surface area contributed by atoms with Gasteiger partial charge in [0.1, 0.15) is 5.60 Å². The van der Waals surface area contributed by atoms with Crippen molar-refractivity contribution in [1.82, 2.24) is 0 Å². The van der Waals surface area contributed by atoms with E-state index in [0.717, 1.165) is 24.0 Å². The summed E-state index contributed by atoms with van der Waals surface area (Å²) < 4.78 is 5.61. The fourth-order valence-electron chi connectivity index (χ4n) is 2.87. The first-order chi connectivity index (χ1) is 9.17. The Morgan fingerprint density at radius 2 is 1.74 bits per heavy atom. The number of fused-ring (bicyclic) bond motifs is 1. The molecule has 0 fully saturated rings. The predicted molar refractivity (Wildman–Crippen MR) is 77.2 cm³/mol. The zero-order chi connectivity index (χ0) is 13.7. The van der Waals surface area contributed by atoms with Crippen molar-refractivity contribution in [1.29, 1.82) is 0 Å². The summed E-state index contributed by atoms with van der Waals surface area (Å²) >= 11 is 0. The Morgan fingerprint density at radius 1 is 1.05 bits per heavy atom. The van der Waals surface area contributed by atoms with E-state index in [0.29, 0.717) is 0 Å². The summed E-state index contributed by atoms with van der Waals surface area (Å²) in [5, 5.41) is 0. The molecule has 0 aliphatic carbocycles. The molecular formula is C17H24O2. The van der Waals surface area contributed by atoms with E-state index >= 15 is 0 Å². The molecule has 0 saturated heterocycles. The number of hydrogen-bond donors (Lipinski definition) is 0. The van der Waals surface area contributed by atoms with Gasteiger partial charge in [0.05, 0.1) is 5.56 Å². The molecule has 104 valence electrons. The molecule has 0 N–H and O–H groups in total. The van der Waals surface area contributed by atoms with Gasteiger partial charge in [-0.2, -0.15) is 0 Å². The van der Waals surface area contributed by atoms with E-state index in [1.807, 2.05) is 31.2 Å². The lowest BCUT2D eigenvalue weighted by molar-refractivity contribution is -0.00419. The first-order valence-electron chi connectivity index (χ1n) is 7.50. The van der Waals surface area contributed by atoms with Gasteiger partial charge in [0.15, 0.2) is 0 Å². The smallest absolute Gasteiger partial charge is 0.339 e. The van der Waals surface area contributed by atoms with Crippen LogP contribution in [0.5, 0.6) is 0 Å². The summed E-state index contributed by atoms with van der Waals surface area (Å²) in [5.41, 5.74) is 1.41. The quantitative estimate of drug-likeness (QED) is 0.519. The van der Waals surface area contributed by atoms with Crippen molar-refractivity contribution in [3.63, 3.8) is 0 Å². The molecule has 0 amide bonds. The molecule has 1 heterocycles. The highest BCUT2D eigenvalue weighted by molar-refractivity contribution is 5.94. The summed E-state index contributed by atoms with van der Waals surface area (Å²) in [7, 11) is 0. The van der Waals surface area contributed by atoms with Gasteiger partial charge in [0, 0.05) is 5.56 Å². The lowest BCUT2D eigenvalue weighted by Gasteiger charge is -2.24. The van der Waals surface area contributed by atoms with Crippen LogP contribution in [-0.4, -0.2) is 5.97 Å². The lowest BCUT2D eigenvalue weighted by Crippen LogP contribution is -2.21. The summed E-state index contributed by atoms with van der Waals surface area (Å²) in [6.45, 7) is 4.28. The van der Waals surface area contributed by atoms with Gasteiger partial charge in [0.2, 0.25) is 0 Å². The number of rotatable bonds is 7. The van der Waals surface area contributed by atoms with Crippen molar-refractivity contribution in [3.8, 4) is 0 Å². The lowest BCUT2D eigenvalue weighted by atomic mass is 9.89. The molecule has 1 aromatic carbocycles. The molecular weight excluding hydrogens is 236 g/mol. The van der Waals surface area contributed by atoms with Gasteiger partial charge in [-0.3, -0.25) is 0 Å². The number of unbranched alkanes of at least 4 members (excludes halogenated alkanes) is 5. The van der Waals surface area contributed by atoms with Crippen molar-refractivity contribution in [2.75, 3.05) is 0 Å². The third-order valence-corrected chi connectivity index (χ3v) is 4.04. The second-order valence-electron chi connectivity index (χ2n) is 5.68. The molecule has 1 atom stereocenters. The maximum absolute atomic E-state index is 11.8. The topological polar surface area (TPSA) is 26.3 Å². The zero-order valence-electron chi connectivity index (χ0n) is 12.1. The number of esters is 1. The van der Waals surface area contributed by atoms with Gasteiger partial charge in [-0.25, -0.2) is 4.79 Å². The Labute approximate surface area is 116 Å². The Bertz CT molecular complexity index is 439.